The number of benzene rings is 1. The Morgan fingerprint density at radius 3 is 2.32 bits per heavy atom. The largest absolute Gasteiger partial charge is 0.462 e. The van der Waals surface area contributed by atoms with Gasteiger partial charge in [0.1, 0.15) is 6.61 Å². The van der Waals surface area contributed by atoms with Crippen molar-refractivity contribution >= 4 is 5.97 Å². The zero-order chi connectivity index (χ0) is 14.2. The molecule has 0 amide bonds. The molecule has 0 unspecified atom stereocenters. The van der Waals surface area contributed by atoms with Gasteiger partial charge in [-0.2, -0.15) is 13.2 Å². The zero-order valence-electron chi connectivity index (χ0n) is 9.78. The predicted molar refractivity (Wildman–Crippen MR) is 60.0 cm³/mol. The van der Waals surface area contributed by atoms with Gasteiger partial charge in [-0.05, 0) is 17.7 Å². The van der Waals surface area contributed by atoms with Gasteiger partial charge >= 0.3 is 12.1 Å². The fraction of sp³-hybridized carbons (Fsp3) is 0.308. The van der Waals surface area contributed by atoms with Gasteiger partial charge in [-0.25, -0.2) is 4.79 Å². The van der Waals surface area contributed by atoms with E-state index < -0.39 is 29.7 Å². The van der Waals surface area contributed by atoms with Crippen LogP contribution in [0.3, 0.4) is 0 Å². The first-order valence-electron chi connectivity index (χ1n) is 5.52. The van der Waals surface area contributed by atoms with Gasteiger partial charge in [-0.15, -0.1) is 0 Å². The highest BCUT2D eigenvalue weighted by molar-refractivity contribution is 5.90. The van der Waals surface area contributed by atoms with Crippen molar-refractivity contribution in [2.45, 2.75) is 12.3 Å². The maximum absolute atomic E-state index is 12.4. The Labute approximate surface area is 107 Å². The molecule has 0 radical (unpaired) electrons. The molecule has 0 aliphatic carbocycles. The van der Waals surface area contributed by atoms with E-state index in [2.05, 4.69) is 6.58 Å². The van der Waals surface area contributed by atoms with Crippen LogP contribution < -0.4 is 0 Å². The third kappa shape index (κ3) is 2.63. The smallest absolute Gasteiger partial charge is 0.416 e. The van der Waals surface area contributed by atoms with Gasteiger partial charge in [0.05, 0.1) is 17.6 Å². The molecule has 0 spiro atoms. The third-order valence-electron chi connectivity index (χ3n) is 3.06. The molecule has 0 saturated carbocycles. The van der Waals surface area contributed by atoms with Crippen molar-refractivity contribution in [1.29, 1.82) is 0 Å². The minimum Gasteiger partial charge on any atom is -0.462 e. The number of halogens is 3. The van der Waals surface area contributed by atoms with E-state index in [-0.39, 0.29) is 17.7 Å². The number of esters is 1. The second kappa shape index (κ2) is 4.70. The number of hydrogen-bond acceptors (Lipinski definition) is 3. The highest BCUT2D eigenvalue weighted by Gasteiger charge is 2.35. The Kier molecular flexibility index (Phi) is 3.36. The highest BCUT2D eigenvalue weighted by Crippen LogP contribution is 2.34. The Bertz CT molecular complexity index is 505. The second-order valence-electron chi connectivity index (χ2n) is 4.29. The molecule has 6 heteroatoms. The highest BCUT2D eigenvalue weighted by atomic mass is 19.4. The van der Waals surface area contributed by atoms with Crippen LogP contribution >= 0.6 is 0 Å². The lowest BCUT2D eigenvalue weighted by Gasteiger charge is -2.17. The van der Waals surface area contributed by atoms with Crippen molar-refractivity contribution in [3.8, 4) is 0 Å². The van der Waals surface area contributed by atoms with E-state index in [1.165, 1.54) is 12.1 Å². The lowest BCUT2D eigenvalue weighted by Crippen LogP contribution is -2.15. The first kappa shape index (κ1) is 13.6. The van der Waals surface area contributed by atoms with Crippen LogP contribution in [-0.4, -0.2) is 17.7 Å². The molecule has 0 bridgehead atoms. The maximum Gasteiger partial charge on any atom is 0.416 e. The van der Waals surface area contributed by atoms with E-state index in [1.807, 2.05) is 0 Å². The van der Waals surface area contributed by atoms with Crippen molar-refractivity contribution in [3.05, 3.63) is 47.5 Å². The molecule has 1 aromatic carbocycles. The quantitative estimate of drug-likeness (QED) is 0.664. The summed E-state index contributed by atoms with van der Waals surface area (Å²) in [5.41, 5.74) is -0.370. The molecule has 102 valence electrons. The molecular weight excluding hydrogens is 261 g/mol. The summed E-state index contributed by atoms with van der Waals surface area (Å²) in [6.45, 7) is 3.49. The summed E-state index contributed by atoms with van der Waals surface area (Å²) in [6, 6.07) is 4.14. The van der Waals surface area contributed by atoms with Crippen LogP contribution in [0, 0.1) is 5.92 Å². The van der Waals surface area contributed by atoms with Crippen LogP contribution in [0.25, 0.3) is 0 Å². The second-order valence-corrected chi connectivity index (χ2v) is 4.29. The molecule has 1 N–H and O–H groups in total. The molecule has 1 aromatic rings. The van der Waals surface area contributed by atoms with Gasteiger partial charge < -0.3 is 9.84 Å². The number of carbonyl (C=O) groups is 1. The van der Waals surface area contributed by atoms with E-state index in [0.717, 1.165) is 12.1 Å². The van der Waals surface area contributed by atoms with Crippen molar-refractivity contribution in [1.82, 2.24) is 0 Å². The topological polar surface area (TPSA) is 46.5 Å². The molecule has 1 aliphatic rings. The maximum atomic E-state index is 12.4. The number of rotatable bonds is 2. The van der Waals surface area contributed by atoms with Crippen molar-refractivity contribution in [2.75, 3.05) is 6.61 Å². The average Bonchev–Trinajstić information content (AvgIpc) is 2.68. The van der Waals surface area contributed by atoms with Crippen LogP contribution in [0.4, 0.5) is 13.2 Å². The standard InChI is InChI=1S/C13H11F3O3/c1-7-10(6-19-12(7)18)11(17)8-2-4-9(5-3-8)13(14,15)16/h2-5,10-11,17H,1,6H2/t10-,11+/m1/s1. The number of aliphatic hydroxyl groups is 1. The normalized spacial score (nSPS) is 21.4. The average molecular weight is 272 g/mol. The minimum absolute atomic E-state index is 0.0140. The molecule has 19 heavy (non-hydrogen) atoms. The van der Waals surface area contributed by atoms with E-state index >= 15 is 0 Å². The molecule has 2 atom stereocenters. The molecular formula is C13H11F3O3. The Hall–Kier alpha value is -1.82. The van der Waals surface area contributed by atoms with Crippen LogP contribution in [0.5, 0.6) is 0 Å². The fourth-order valence-corrected chi connectivity index (χ4v) is 1.89. The van der Waals surface area contributed by atoms with E-state index in [4.69, 9.17) is 4.74 Å². The minimum atomic E-state index is -4.42. The first-order valence-corrected chi connectivity index (χ1v) is 5.52. The summed E-state index contributed by atoms with van der Waals surface area (Å²) in [7, 11) is 0. The van der Waals surface area contributed by atoms with Gasteiger partial charge in [-0.3, -0.25) is 0 Å². The lowest BCUT2D eigenvalue weighted by atomic mass is 9.91. The number of ether oxygens (including phenoxy) is 1. The summed E-state index contributed by atoms with van der Waals surface area (Å²) in [5.74, 6) is -1.21. The Morgan fingerprint density at radius 2 is 1.89 bits per heavy atom. The SMILES string of the molecule is C=C1C(=O)OC[C@H]1[C@@H](O)c1ccc(C(F)(F)F)cc1. The number of hydrogen-bond donors (Lipinski definition) is 1. The summed E-state index contributed by atoms with van der Waals surface area (Å²) in [5, 5.41) is 10.0. The zero-order valence-corrected chi connectivity index (χ0v) is 9.78. The monoisotopic (exact) mass is 272 g/mol. The molecule has 1 aliphatic heterocycles. The molecule has 1 heterocycles. The first-order chi connectivity index (χ1) is 8.80. The molecule has 2 rings (SSSR count). The number of alkyl halides is 3. The molecule has 3 nitrogen and oxygen atoms in total. The van der Waals surface area contributed by atoms with Gasteiger partial charge in [0.15, 0.2) is 0 Å². The van der Waals surface area contributed by atoms with Crippen LogP contribution in [0.1, 0.15) is 17.2 Å². The summed E-state index contributed by atoms with van der Waals surface area (Å²) >= 11 is 0. The number of aliphatic hydroxyl groups excluding tert-OH is 1. The molecule has 0 aromatic heterocycles. The Balaban J connectivity index is 2.19. The number of carbonyl (C=O) groups excluding carboxylic acids is 1. The van der Waals surface area contributed by atoms with Crippen LogP contribution in [0.2, 0.25) is 0 Å². The molecule has 1 fully saturated rings. The third-order valence-corrected chi connectivity index (χ3v) is 3.06. The van der Waals surface area contributed by atoms with E-state index in [1.54, 1.807) is 0 Å². The predicted octanol–water partition coefficient (Wildman–Crippen LogP) is 2.47. The van der Waals surface area contributed by atoms with Crippen molar-refractivity contribution in [3.63, 3.8) is 0 Å². The van der Waals surface area contributed by atoms with Crippen LogP contribution in [0.15, 0.2) is 36.4 Å². The van der Waals surface area contributed by atoms with Gasteiger partial charge in [0, 0.05) is 5.57 Å². The van der Waals surface area contributed by atoms with Gasteiger partial charge in [0.25, 0.3) is 0 Å². The van der Waals surface area contributed by atoms with Gasteiger partial charge in [0.2, 0.25) is 0 Å². The Morgan fingerprint density at radius 1 is 1.32 bits per heavy atom. The summed E-state index contributed by atoms with van der Waals surface area (Å²) in [4.78, 5) is 11.1. The lowest BCUT2D eigenvalue weighted by molar-refractivity contribution is -0.137. The van der Waals surface area contributed by atoms with Crippen LogP contribution in [-0.2, 0) is 15.7 Å². The van der Waals surface area contributed by atoms with E-state index in [0.29, 0.717) is 0 Å². The van der Waals surface area contributed by atoms with Crippen molar-refractivity contribution < 1.29 is 27.8 Å². The van der Waals surface area contributed by atoms with E-state index in [9.17, 15) is 23.1 Å². The summed E-state index contributed by atoms with van der Waals surface area (Å²) in [6.07, 6.45) is -5.53. The summed E-state index contributed by atoms with van der Waals surface area (Å²) < 4.78 is 41.9. The van der Waals surface area contributed by atoms with Crippen molar-refractivity contribution in [2.24, 2.45) is 5.92 Å². The van der Waals surface area contributed by atoms with Gasteiger partial charge in [-0.1, -0.05) is 18.7 Å². The number of cyclic esters (lactones) is 1. The molecule has 1 saturated heterocycles. The fourth-order valence-electron chi connectivity index (χ4n) is 1.89.